The van der Waals surface area contributed by atoms with Gasteiger partial charge in [-0.25, -0.2) is 9.78 Å². The second-order valence-corrected chi connectivity index (χ2v) is 6.49. The van der Waals surface area contributed by atoms with Gasteiger partial charge in [0.15, 0.2) is 0 Å². The van der Waals surface area contributed by atoms with Gasteiger partial charge in [-0.1, -0.05) is 37.3 Å². The van der Waals surface area contributed by atoms with Crippen molar-refractivity contribution >= 4 is 17.4 Å². The van der Waals surface area contributed by atoms with Crippen molar-refractivity contribution < 1.29 is 9.90 Å². The molecule has 0 aliphatic heterocycles. The van der Waals surface area contributed by atoms with Crippen molar-refractivity contribution in [3.63, 3.8) is 0 Å². The summed E-state index contributed by atoms with van der Waals surface area (Å²) in [6, 6.07) is 9.38. The van der Waals surface area contributed by atoms with Crippen LogP contribution in [0.2, 0.25) is 0 Å². The largest absolute Gasteiger partial charge is 0.394 e. The summed E-state index contributed by atoms with van der Waals surface area (Å²) < 4.78 is 0. The Bertz CT molecular complexity index is 639. The number of aromatic nitrogens is 1. The van der Waals surface area contributed by atoms with E-state index in [1.165, 1.54) is 0 Å². The minimum atomic E-state index is -0.271. The molecule has 0 spiro atoms. The molecular weight excluding hydrogens is 310 g/mol. The molecule has 2 amide bonds. The van der Waals surface area contributed by atoms with Gasteiger partial charge in [-0.3, -0.25) is 0 Å². The third-order valence-electron chi connectivity index (χ3n) is 3.64. The van der Waals surface area contributed by atoms with Gasteiger partial charge >= 0.3 is 6.03 Å². The summed E-state index contributed by atoms with van der Waals surface area (Å²) in [4.78, 5) is 17.6. The van der Waals surface area contributed by atoms with E-state index in [0.717, 1.165) is 21.1 Å². The highest BCUT2D eigenvalue weighted by atomic mass is 32.1. The number of hydrogen-bond acceptors (Lipinski definition) is 4. The maximum absolute atomic E-state index is 12.0. The Morgan fingerprint density at radius 1 is 1.30 bits per heavy atom. The van der Waals surface area contributed by atoms with Crippen LogP contribution in [0.3, 0.4) is 0 Å². The number of thiazole rings is 1. The average Bonchev–Trinajstić information content (AvgIpc) is 2.95. The van der Waals surface area contributed by atoms with E-state index in [1.54, 1.807) is 11.3 Å². The normalized spacial score (nSPS) is 13.4. The Kier molecular flexibility index (Phi) is 6.12. The van der Waals surface area contributed by atoms with E-state index >= 15 is 0 Å². The van der Waals surface area contributed by atoms with Crippen LogP contribution < -0.4 is 10.6 Å². The van der Waals surface area contributed by atoms with Crippen molar-refractivity contribution in [3.8, 4) is 10.6 Å². The molecule has 2 aromatic rings. The zero-order valence-electron chi connectivity index (χ0n) is 13.7. The van der Waals surface area contributed by atoms with Crippen LogP contribution in [0.15, 0.2) is 30.3 Å². The van der Waals surface area contributed by atoms with Crippen molar-refractivity contribution in [3.05, 3.63) is 40.9 Å². The van der Waals surface area contributed by atoms with Crippen molar-refractivity contribution in [2.75, 3.05) is 6.61 Å². The second-order valence-electron chi connectivity index (χ2n) is 5.46. The monoisotopic (exact) mass is 333 g/mol. The maximum atomic E-state index is 12.0. The van der Waals surface area contributed by atoms with Crippen LogP contribution in [0, 0.1) is 6.92 Å². The van der Waals surface area contributed by atoms with Crippen molar-refractivity contribution in [1.29, 1.82) is 0 Å². The van der Waals surface area contributed by atoms with E-state index in [9.17, 15) is 4.79 Å². The Balaban J connectivity index is 2.07. The van der Waals surface area contributed by atoms with Gasteiger partial charge in [0.2, 0.25) is 0 Å². The van der Waals surface area contributed by atoms with Crippen molar-refractivity contribution in [1.82, 2.24) is 15.6 Å². The molecule has 0 saturated heterocycles. The Labute approximate surface area is 140 Å². The molecule has 6 heteroatoms. The van der Waals surface area contributed by atoms with Crippen LogP contribution in [0.5, 0.6) is 0 Å². The lowest BCUT2D eigenvalue weighted by atomic mass is 10.2. The number of benzene rings is 1. The van der Waals surface area contributed by atoms with Gasteiger partial charge in [0, 0.05) is 5.56 Å². The standard InChI is InChI=1S/C17H23N3O2S/c1-4-14(10-21)20-17(22)19-12(3)15-11(2)18-16(23-15)13-8-6-5-7-9-13/h5-9,12,14,21H,4,10H2,1-3H3,(H2,19,20,22). The average molecular weight is 333 g/mol. The van der Waals surface area contributed by atoms with Crippen molar-refractivity contribution in [2.24, 2.45) is 0 Å². The SMILES string of the molecule is CCC(CO)NC(=O)NC(C)c1sc(-c2ccccc2)nc1C. The number of aliphatic hydroxyl groups is 1. The molecule has 3 N–H and O–H groups in total. The third kappa shape index (κ3) is 4.53. The van der Waals surface area contributed by atoms with Gasteiger partial charge in [-0.05, 0) is 20.3 Å². The van der Waals surface area contributed by atoms with E-state index in [1.807, 2.05) is 51.1 Å². The first-order chi connectivity index (χ1) is 11.0. The van der Waals surface area contributed by atoms with Crippen LogP contribution in [0.1, 0.15) is 36.9 Å². The minimum Gasteiger partial charge on any atom is -0.394 e. The number of carbonyl (C=O) groups excluding carboxylic acids is 1. The molecule has 2 unspecified atom stereocenters. The molecule has 2 atom stereocenters. The molecule has 0 aliphatic carbocycles. The fraction of sp³-hybridized carbons (Fsp3) is 0.412. The predicted octanol–water partition coefficient (Wildman–Crippen LogP) is 3.25. The number of aliphatic hydroxyl groups excluding tert-OH is 1. The molecule has 23 heavy (non-hydrogen) atoms. The molecule has 0 saturated carbocycles. The topological polar surface area (TPSA) is 74.2 Å². The van der Waals surface area contributed by atoms with E-state index in [2.05, 4.69) is 15.6 Å². The van der Waals surface area contributed by atoms with Crippen LogP contribution >= 0.6 is 11.3 Å². The summed E-state index contributed by atoms with van der Waals surface area (Å²) in [5.41, 5.74) is 2.01. The number of nitrogens with zero attached hydrogens (tertiary/aromatic N) is 1. The quantitative estimate of drug-likeness (QED) is 0.759. The van der Waals surface area contributed by atoms with E-state index in [4.69, 9.17) is 5.11 Å². The highest BCUT2D eigenvalue weighted by molar-refractivity contribution is 7.15. The van der Waals surface area contributed by atoms with E-state index < -0.39 is 0 Å². The number of urea groups is 1. The van der Waals surface area contributed by atoms with Crippen LogP contribution in [0.25, 0.3) is 10.6 Å². The smallest absolute Gasteiger partial charge is 0.315 e. The maximum Gasteiger partial charge on any atom is 0.315 e. The number of carbonyl (C=O) groups is 1. The van der Waals surface area contributed by atoms with Gasteiger partial charge in [-0.2, -0.15) is 0 Å². The van der Waals surface area contributed by atoms with Crippen molar-refractivity contribution in [2.45, 2.75) is 39.3 Å². The fourth-order valence-electron chi connectivity index (χ4n) is 2.28. The van der Waals surface area contributed by atoms with Gasteiger partial charge in [0.25, 0.3) is 0 Å². The lowest BCUT2D eigenvalue weighted by Crippen LogP contribution is -2.44. The number of aryl methyl sites for hydroxylation is 1. The molecule has 1 aromatic heterocycles. The Morgan fingerprint density at radius 2 is 2.00 bits per heavy atom. The van der Waals surface area contributed by atoms with Gasteiger partial charge in [0.1, 0.15) is 5.01 Å². The van der Waals surface area contributed by atoms with Gasteiger partial charge in [-0.15, -0.1) is 11.3 Å². The first kappa shape index (κ1) is 17.4. The lowest BCUT2D eigenvalue weighted by molar-refractivity contribution is 0.212. The van der Waals surface area contributed by atoms with E-state index in [0.29, 0.717) is 6.42 Å². The van der Waals surface area contributed by atoms with Crippen LogP contribution in [-0.2, 0) is 0 Å². The zero-order chi connectivity index (χ0) is 16.8. The number of amides is 2. The third-order valence-corrected chi connectivity index (χ3v) is 5.03. The second kappa shape index (κ2) is 8.08. The summed E-state index contributed by atoms with van der Waals surface area (Å²) in [5.74, 6) is 0. The molecule has 0 radical (unpaired) electrons. The first-order valence-electron chi connectivity index (χ1n) is 7.75. The Morgan fingerprint density at radius 3 is 2.61 bits per heavy atom. The highest BCUT2D eigenvalue weighted by Gasteiger charge is 2.18. The molecule has 124 valence electrons. The summed E-state index contributed by atoms with van der Waals surface area (Å²) in [6.07, 6.45) is 0.691. The van der Waals surface area contributed by atoms with Gasteiger partial charge in [0.05, 0.1) is 29.3 Å². The summed E-state index contributed by atoms with van der Waals surface area (Å²) in [5, 5.41) is 15.8. The molecule has 1 aromatic carbocycles. The number of rotatable bonds is 6. The molecule has 0 fully saturated rings. The number of nitrogens with one attached hydrogen (secondary N) is 2. The van der Waals surface area contributed by atoms with Gasteiger partial charge < -0.3 is 15.7 Å². The predicted molar refractivity (Wildman–Crippen MR) is 93.5 cm³/mol. The minimum absolute atomic E-state index is 0.0595. The first-order valence-corrected chi connectivity index (χ1v) is 8.57. The molecule has 2 rings (SSSR count). The van der Waals surface area contributed by atoms with Crippen LogP contribution in [-0.4, -0.2) is 28.8 Å². The summed E-state index contributed by atoms with van der Waals surface area (Å²) in [6.45, 7) is 5.76. The van der Waals surface area contributed by atoms with Crippen LogP contribution in [0.4, 0.5) is 4.79 Å². The molecular formula is C17H23N3O2S. The summed E-state index contributed by atoms with van der Waals surface area (Å²) in [7, 11) is 0. The molecule has 0 bridgehead atoms. The summed E-state index contributed by atoms with van der Waals surface area (Å²) >= 11 is 1.59. The molecule has 5 nitrogen and oxygen atoms in total. The Hall–Kier alpha value is -1.92. The molecule has 0 aliphatic rings. The fourth-order valence-corrected chi connectivity index (χ4v) is 3.35. The number of hydrogen-bond donors (Lipinski definition) is 3. The lowest BCUT2D eigenvalue weighted by Gasteiger charge is -2.18. The zero-order valence-corrected chi connectivity index (χ0v) is 14.5. The molecule has 1 heterocycles. The highest BCUT2D eigenvalue weighted by Crippen LogP contribution is 2.31. The van der Waals surface area contributed by atoms with E-state index in [-0.39, 0.29) is 24.7 Å².